The minimum absolute atomic E-state index is 0.151. The molecule has 6 nitrogen and oxygen atoms in total. The van der Waals surface area contributed by atoms with Crippen LogP contribution in [0.15, 0.2) is 0 Å². The summed E-state index contributed by atoms with van der Waals surface area (Å²) in [6.45, 7) is 0. The van der Waals surface area contributed by atoms with E-state index in [1.165, 1.54) is 0 Å². The van der Waals surface area contributed by atoms with Crippen LogP contribution in [0.5, 0.6) is 0 Å². The van der Waals surface area contributed by atoms with Crippen molar-refractivity contribution >= 4 is 12.3 Å². The van der Waals surface area contributed by atoms with Crippen molar-refractivity contribution < 1.29 is 30.0 Å². The molecule has 4 N–H and O–H groups in total. The highest BCUT2D eigenvalue weighted by molar-refractivity contribution is 5.72. The molecule has 6 heteroatoms. The van der Waals surface area contributed by atoms with Crippen molar-refractivity contribution in [1.82, 2.24) is 0 Å². The maximum atomic E-state index is 10.0. The highest BCUT2D eigenvalue weighted by atomic mass is 16.4. The Labute approximate surface area is 68.1 Å². The first-order valence-electron chi connectivity index (χ1n) is 3.21. The number of carboxylic acids is 1. The smallest absolute Gasteiger partial charge is 0.335 e. The van der Waals surface area contributed by atoms with E-state index in [0.29, 0.717) is 0 Å². The van der Waals surface area contributed by atoms with Gasteiger partial charge in [0.2, 0.25) is 0 Å². The summed E-state index contributed by atoms with van der Waals surface area (Å²) < 4.78 is 0. The molecule has 0 heterocycles. The quantitative estimate of drug-likeness (QED) is 0.353. The SMILES string of the molecule is O=CC(O)CC(O)C(O)C(=O)O. The molecule has 0 amide bonds. The third-order valence-corrected chi connectivity index (χ3v) is 1.26. The number of rotatable bonds is 5. The molecular weight excluding hydrogens is 168 g/mol. The number of aliphatic hydroxyl groups excluding tert-OH is 3. The van der Waals surface area contributed by atoms with Crippen LogP contribution in [0.2, 0.25) is 0 Å². The summed E-state index contributed by atoms with van der Waals surface area (Å²) in [7, 11) is 0. The fourth-order valence-electron chi connectivity index (χ4n) is 0.596. The van der Waals surface area contributed by atoms with E-state index in [1.807, 2.05) is 0 Å². The van der Waals surface area contributed by atoms with Crippen molar-refractivity contribution in [2.45, 2.75) is 24.7 Å². The zero-order chi connectivity index (χ0) is 9.72. The van der Waals surface area contributed by atoms with E-state index in [2.05, 4.69) is 0 Å². The third-order valence-electron chi connectivity index (χ3n) is 1.26. The predicted molar refractivity (Wildman–Crippen MR) is 36.3 cm³/mol. The Morgan fingerprint density at radius 2 is 1.83 bits per heavy atom. The second-order valence-corrected chi connectivity index (χ2v) is 2.29. The van der Waals surface area contributed by atoms with E-state index in [1.54, 1.807) is 0 Å². The van der Waals surface area contributed by atoms with Crippen LogP contribution >= 0.6 is 0 Å². The molecule has 0 aliphatic carbocycles. The summed E-state index contributed by atoms with van der Waals surface area (Å²) in [4.78, 5) is 19.9. The maximum absolute atomic E-state index is 10.0. The lowest BCUT2D eigenvalue weighted by Gasteiger charge is -2.14. The average molecular weight is 178 g/mol. The molecule has 0 saturated heterocycles. The summed E-state index contributed by atoms with van der Waals surface area (Å²) in [5.74, 6) is -1.60. The molecule has 3 atom stereocenters. The number of hydrogen-bond acceptors (Lipinski definition) is 5. The first-order chi connectivity index (χ1) is 5.49. The summed E-state index contributed by atoms with van der Waals surface area (Å²) in [5, 5.41) is 34.3. The molecule has 12 heavy (non-hydrogen) atoms. The summed E-state index contributed by atoms with van der Waals surface area (Å²) >= 11 is 0. The van der Waals surface area contributed by atoms with Gasteiger partial charge >= 0.3 is 5.97 Å². The van der Waals surface area contributed by atoms with Gasteiger partial charge in [-0.05, 0) is 0 Å². The molecule has 0 aliphatic rings. The van der Waals surface area contributed by atoms with Gasteiger partial charge in [0, 0.05) is 6.42 Å². The Bertz CT molecular complexity index is 167. The van der Waals surface area contributed by atoms with Gasteiger partial charge in [-0.25, -0.2) is 4.79 Å². The molecule has 0 aromatic heterocycles. The number of carbonyl (C=O) groups excluding carboxylic acids is 1. The molecule has 3 unspecified atom stereocenters. The minimum atomic E-state index is -1.97. The number of hydrogen-bond donors (Lipinski definition) is 4. The van der Waals surface area contributed by atoms with E-state index in [4.69, 9.17) is 20.4 Å². The van der Waals surface area contributed by atoms with E-state index >= 15 is 0 Å². The van der Waals surface area contributed by atoms with Gasteiger partial charge in [-0.15, -0.1) is 0 Å². The van der Waals surface area contributed by atoms with Gasteiger partial charge in [-0.2, -0.15) is 0 Å². The standard InChI is InChI=1S/C6H10O6/c7-2-3(8)1-4(9)5(10)6(11)12/h2-5,8-10H,1H2,(H,11,12). The van der Waals surface area contributed by atoms with E-state index in [0.717, 1.165) is 0 Å². The Hall–Kier alpha value is -0.980. The van der Waals surface area contributed by atoms with Crippen LogP contribution in [0.4, 0.5) is 0 Å². The second-order valence-electron chi connectivity index (χ2n) is 2.29. The Balaban J connectivity index is 3.94. The van der Waals surface area contributed by atoms with Crippen LogP contribution in [0.25, 0.3) is 0 Å². The Morgan fingerprint density at radius 3 is 2.17 bits per heavy atom. The minimum Gasteiger partial charge on any atom is -0.479 e. The predicted octanol–water partition coefficient (Wildman–Crippen LogP) is -2.26. The fraction of sp³-hybridized carbons (Fsp3) is 0.667. The highest BCUT2D eigenvalue weighted by Crippen LogP contribution is 2.01. The molecule has 0 fully saturated rings. The largest absolute Gasteiger partial charge is 0.479 e. The lowest BCUT2D eigenvalue weighted by Crippen LogP contribution is -2.36. The molecule has 0 aliphatic heterocycles. The van der Waals surface area contributed by atoms with Crippen LogP contribution in [-0.4, -0.2) is 51.0 Å². The Kier molecular flexibility index (Phi) is 4.42. The molecule has 0 aromatic rings. The van der Waals surface area contributed by atoms with Gasteiger partial charge in [0.25, 0.3) is 0 Å². The van der Waals surface area contributed by atoms with Crippen LogP contribution in [-0.2, 0) is 9.59 Å². The van der Waals surface area contributed by atoms with Crippen molar-refractivity contribution in [3.8, 4) is 0 Å². The van der Waals surface area contributed by atoms with E-state index in [-0.39, 0.29) is 6.29 Å². The van der Waals surface area contributed by atoms with Crippen molar-refractivity contribution in [1.29, 1.82) is 0 Å². The number of carboxylic acid groups (broad SMARTS) is 1. The molecule has 0 bridgehead atoms. The molecule has 0 spiro atoms. The van der Waals surface area contributed by atoms with Crippen molar-refractivity contribution in [2.24, 2.45) is 0 Å². The van der Waals surface area contributed by atoms with E-state index < -0.39 is 30.7 Å². The van der Waals surface area contributed by atoms with Gasteiger partial charge in [-0.1, -0.05) is 0 Å². The van der Waals surface area contributed by atoms with Crippen molar-refractivity contribution in [3.63, 3.8) is 0 Å². The first-order valence-corrected chi connectivity index (χ1v) is 3.21. The van der Waals surface area contributed by atoms with Gasteiger partial charge in [0.05, 0.1) is 6.10 Å². The molecule has 0 saturated carbocycles. The summed E-state index contributed by atoms with van der Waals surface area (Å²) in [6.07, 6.45) is -5.40. The lowest BCUT2D eigenvalue weighted by molar-refractivity contribution is -0.154. The molecule has 70 valence electrons. The monoisotopic (exact) mass is 178 g/mol. The van der Waals surface area contributed by atoms with Crippen LogP contribution in [0.3, 0.4) is 0 Å². The molecule has 0 radical (unpaired) electrons. The topological polar surface area (TPSA) is 115 Å². The molecular formula is C6H10O6. The number of aldehydes is 1. The number of aliphatic hydroxyl groups is 3. The Morgan fingerprint density at radius 1 is 1.33 bits per heavy atom. The number of aliphatic carboxylic acids is 1. The summed E-state index contributed by atoms with van der Waals surface area (Å²) in [5.41, 5.74) is 0. The van der Waals surface area contributed by atoms with Gasteiger partial charge in [0.15, 0.2) is 6.10 Å². The zero-order valence-electron chi connectivity index (χ0n) is 6.12. The second kappa shape index (κ2) is 4.81. The third kappa shape index (κ3) is 3.42. The van der Waals surface area contributed by atoms with Gasteiger partial charge in [-0.3, -0.25) is 0 Å². The van der Waals surface area contributed by atoms with Crippen LogP contribution < -0.4 is 0 Å². The van der Waals surface area contributed by atoms with Crippen LogP contribution in [0, 0.1) is 0 Å². The maximum Gasteiger partial charge on any atom is 0.335 e. The highest BCUT2D eigenvalue weighted by Gasteiger charge is 2.25. The van der Waals surface area contributed by atoms with E-state index in [9.17, 15) is 9.59 Å². The van der Waals surface area contributed by atoms with Crippen LogP contribution in [0.1, 0.15) is 6.42 Å². The average Bonchev–Trinajstić information content (AvgIpc) is 2.02. The van der Waals surface area contributed by atoms with Crippen molar-refractivity contribution in [2.75, 3.05) is 0 Å². The first kappa shape index (κ1) is 11.0. The zero-order valence-corrected chi connectivity index (χ0v) is 6.12. The normalized spacial score (nSPS) is 17.9. The molecule has 0 rings (SSSR count). The number of carbonyl (C=O) groups is 2. The van der Waals surface area contributed by atoms with Crippen molar-refractivity contribution in [3.05, 3.63) is 0 Å². The summed E-state index contributed by atoms with van der Waals surface area (Å²) in [6, 6.07) is 0. The lowest BCUT2D eigenvalue weighted by atomic mass is 10.1. The van der Waals surface area contributed by atoms with Gasteiger partial charge in [0.1, 0.15) is 12.4 Å². The van der Waals surface area contributed by atoms with Gasteiger partial charge < -0.3 is 25.2 Å². The fourth-order valence-corrected chi connectivity index (χ4v) is 0.596. The molecule has 0 aromatic carbocycles.